The average Bonchev–Trinajstić information content (AvgIpc) is 3.27. The van der Waals surface area contributed by atoms with Crippen LogP contribution in [0.5, 0.6) is 0 Å². The van der Waals surface area contributed by atoms with E-state index in [0.29, 0.717) is 23.6 Å². The summed E-state index contributed by atoms with van der Waals surface area (Å²) < 4.78 is 2.27. The number of nitrogens with one attached hydrogen (secondary N) is 1. The molecule has 1 heterocycles. The van der Waals surface area contributed by atoms with Crippen molar-refractivity contribution in [1.82, 2.24) is 9.55 Å². The van der Waals surface area contributed by atoms with Crippen molar-refractivity contribution in [2.75, 3.05) is 5.32 Å². The monoisotopic (exact) mass is 499 g/mol. The molecule has 0 spiro atoms. The molecule has 0 unspecified atom stereocenters. The van der Waals surface area contributed by atoms with Crippen molar-refractivity contribution in [2.24, 2.45) is 0 Å². The van der Waals surface area contributed by atoms with Crippen LogP contribution < -0.4 is 5.32 Å². The summed E-state index contributed by atoms with van der Waals surface area (Å²) in [6, 6.07) is 11.6. The van der Waals surface area contributed by atoms with E-state index in [2.05, 4.69) is 22.9 Å². The standard InChI is InChI=1S/C31H37N3O3/c1-5-21-15-20(4)16-25(17-21)32-30(35)23(7-3)18-22(6-2)29-33-27-19-24(31(36)37)13-14-28(27)34(29)26-11-9-8-10-12-26/h6,13-19,26H,5,7-12H2,1-4H3,(H,32,35)(H,36,37)/b22-6+,23-18+. The zero-order valence-electron chi connectivity index (χ0n) is 22.3. The zero-order valence-corrected chi connectivity index (χ0v) is 22.3. The van der Waals surface area contributed by atoms with Crippen LogP contribution in [0.25, 0.3) is 16.6 Å². The Labute approximate surface area is 219 Å². The Morgan fingerprint density at radius 1 is 1.11 bits per heavy atom. The largest absolute Gasteiger partial charge is 0.478 e. The van der Waals surface area contributed by atoms with Crippen LogP contribution in [0.2, 0.25) is 0 Å². The van der Waals surface area contributed by atoms with Gasteiger partial charge in [0.2, 0.25) is 0 Å². The van der Waals surface area contributed by atoms with Gasteiger partial charge in [0.1, 0.15) is 5.82 Å². The number of nitrogens with zero attached hydrogens (tertiary/aromatic N) is 2. The number of anilines is 1. The molecule has 1 amide bonds. The normalized spacial score (nSPS) is 15.2. The number of rotatable bonds is 8. The van der Waals surface area contributed by atoms with Gasteiger partial charge in [-0.1, -0.05) is 45.3 Å². The second-order valence-corrected chi connectivity index (χ2v) is 9.89. The Morgan fingerprint density at radius 3 is 2.51 bits per heavy atom. The van der Waals surface area contributed by atoms with Crippen LogP contribution in [0.1, 0.15) is 92.6 Å². The van der Waals surface area contributed by atoms with E-state index in [0.717, 1.165) is 60.3 Å². The maximum Gasteiger partial charge on any atom is 0.335 e. The molecule has 0 bridgehead atoms. The van der Waals surface area contributed by atoms with Gasteiger partial charge < -0.3 is 15.0 Å². The molecule has 1 aliphatic rings. The van der Waals surface area contributed by atoms with Gasteiger partial charge in [-0.15, -0.1) is 0 Å². The number of aryl methyl sites for hydroxylation is 2. The molecule has 2 N–H and O–H groups in total. The van der Waals surface area contributed by atoms with Crippen molar-refractivity contribution in [3.63, 3.8) is 0 Å². The summed E-state index contributed by atoms with van der Waals surface area (Å²) in [5.41, 5.74) is 6.48. The number of carboxylic acid groups (broad SMARTS) is 1. The molecule has 0 aliphatic heterocycles. The SMILES string of the molecule is C/C=C(\C=C(/CC)C(=O)Nc1cc(C)cc(CC)c1)c1nc2cc(C(=O)O)ccc2n1C1CCCCC1. The molecule has 3 aromatic rings. The molecule has 1 fully saturated rings. The lowest BCUT2D eigenvalue weighted by molar-refractivity contribution is -0.113. The molecule has 0 saturated heterocycles. The number of fused-ring (bicyclic) bond motifs is 1. The fourth-order valence-electron chi connectivity index (χ4n) is 5.29. The minimum absolute atomic E-state index is 0.122. The van der Waals surface area contributed by atoms with Crippen molar-refractivity contribution in [3.05, 3.63) is 76.6 Å². The highest BCUT2D eigenvalue weighted by molar-refractivity contribution is 6.05. The number of carboxylic acids is 1. The number of hydrogen-bond acceptors (Lipinski definition) is 3. The predicted molar refractivity (Wildman–Crippen MR) is 150 cm³/mol. The van der Waals surface area contributed by atoms with E-state index in [1.807, 2.05) is 51.1 Å². The predicted octanol–water partition coefficient (Wildman–Crippen LogP) is 7.49. The molecule has 1 aromatic heterocycles. The van der Waals surface area contributed by atoms with E-state index in [1.165, 1.54) is 12.0 Å². The molecule has 37 heavy (non-hydrogen) atoms. The first-order valence-corrected chi connectivity index (χ1v) is 13.4. The Hall–Kier alpha value is -3.67. The molecule has 1 saturated carbocycles. The van der Waals surface area contributed by atoms with Gasteiger partial charge in [0.15, 0.2) is 0 Å². The number of aromatic carboxylic acids is 1. The summed E-state index contributed by atoms with van der Waals surface area (Å²) in [6.07, 6.45) is 11.1. The number of hydrogen-bond donors (Lipinski definition) is 2. The van der Waals surface area contributed by atoms with Gasteiger partial charge in [-0.3, -0.25) is 4.79 Å². The highest BCUT2D eigenvalue weighted by atomic mass is 16.4. The van der Waals surface area contributed by atoms with Crippen LogP contribution in [-0.4, -0.2) is 26.5 Å². The van der Waals surface area contributed by atoms with Gasteiger partial charge in [-0.2, -0.15) is 0 Å². The topological polar surface area (TPSA) is 84.2 Å². The van der Waals surface area contributed by atoms with Gasteiger partial charge >= 0.3 is 5.97 Å². The van der Waals surface area contributed by atoms with Gasteiger partial charge in [0.05, 0.1) is 16.6 Å². The highest BCUT2D eigenvalue weighted by Crippen LogP contribution is 2.35. The van der Waals surface area contributed by atoms with E-state index < -0.39 is 5.97 Å². The molecule has 0 atom stereocenters. The Balaban J connectivity index is 1.74. The van der Waals surface area contributed by atoms with Crippen LogP contribution in [0.3, 0.4) is 0 Å². The molecular weight excluding hydrogens is 462 g/mol. The number of carbonyl (C=O) groups excluding carboxylic acids is 1. The van der Waals surface area contributed by atoms with Gasteiger partial charge in [0.25, 0.3) is 5.91 Å². The number of carbonyl (C=O) groups is 2. The first-order chi connectivity index (χ1) is 17.8. The van der Waals surface area contributed by atoms with Crippen molar-refractivity contribution in [3.8, 4) is 0 Å². The van der Waals surface area contributed by atoms with Crippen molar-refractivity contribution in [1.29, 1.82) is 0 Å². The zero-order chi connectivity index (χ0) is 26.5. The molecule has 6 heteroatoms. The van der Waals surface area contributed by atoms with E-state index in [4.69, 9.17) is 4.98 Å². The number of allylic oxidation sites excluding steroid dienone is 3. The summed E-state index contributed by atoms with van der Waals surface area (Å²) in [4.78, 5) is 29.8. The fourth-order valence-corrected chi connectivity index (χ4v) is 5.29. The second kappa shape index (κ2) is 11.6. The van der Waals surface area contributed by atoms with Crippen molar-refractivity contribution >= 4 is 34.2 Å². The lowest BCUT2D eigenvalue weighted by Gasteiger charge is -2.26. The van der Waals surface area contributed by atoms with E-state index in [9.17, 15) is 14.7 Å². The van der Waals surface area contributed by atoms with Gasteiger partial charge in [-0.25, -0.2) is 9.78 Å². The van der Waals surface area contributed by atoms with Gasteiger partial charge in [-0.05, 0) is 87.1 Å². The summed E-state index contributed by atoms with van der Waals surface area (Å²) in [5.74, 6) is -0.299. The molecule has 1 aliphatic carbocycles. The maximum atomic E-state index is 13.3. The molecule has 2 aromatic carbocycles. The third-order valence-electron chi connectivity index (χ3n) is 7.25. The van der Waals surface area contributed by atoms with Crippen LogP contribution in [0.15, 0.2) is 54.1 Å². The first-order valence-electron chi connectivity index (χ1n) is 13.4. The second-order valence-electron chi connectivity index (χ2n) is 9.89. The molecule has 6 nitrogen and oxygen atoms in total. The number of aromatic nitrogens is 2. The summed E-state index contributed by atoms with van der Waals surface area (Å²) in [6.45, 7) is 8.08. The van der Waals surface area contributed by atoms with Crippen molar-refractivity contribution in [2.45, 2.75) is 78.7 Å². The first kappa shape index (κ1) is 26.4. The number of amides is 1. The van der Waals surface area contributed by atoms with Crippen LogP contribution in [0, 0.1) is 6.92 Å². The lowest BCUT2D eigenvalue weighted by atomic mass is 9.94. The van der Waals surface area contributed by atoms with Crippen molar-refractivity contribution < 1.29 is 14.7 Å². The van der Waals surface area contributed by atoms with E-state index in [1.54, 1.807) is 12.1 Å². The molecule has 0 radical (unpaired) electrons. The van der Waals surface area contributed by atoms with Crippen LogP contribution in [0.4, 0.5) is 5.69 Å². The Kier molecular flexibility index (Phi) is 8.27. The van der Waals surface area contributed by atoms with Crippen LogP contribution in [-0.2, 0) is 11.2 Å². The number of imidazole rings is 1. The summed E-state index contributed by atoms with van der Waals surface area (Å²) in [7, 11) is 0. The summed E-state index contributed by atoms with van der Waals surface area (Å²) in [5, 5.41) is 12.6. The lowest BCUT2D eigenvalue weighted by Crippen LogP contribution is -2.16. The van der Waals surface area contributed by atoms with E-state index in [-0.39, 0.29) is 11.5 Å². The fraction of sp³-hybridized carbons (Fsp3) is 0.387. The minimum atomic E-state index is -0.964. The smallest absolute Gasteiger partial charge is 0.335 e. The number of benzene rings is 2. The third kappa shape index (κ3) is 5.85. The van der Waals surface area contributed by atoms with Crippen LogP contribution >= 0.6 is 0 Å². The Morgan fingerprint density at radius 2 is 1.86 bits per heavy atom. The maximum absolute atomic E-state index is 13.3. The average molecular weight is 500 g/mol. The minimum Gasteiger partial charge on any atom is -0.478 e. The molecule has 194 valence electrons. The highest BCUT2D eigenvalue weighted by Gasteiger charge is 2.24. The van der Waals surface area contributed by atoms with Gasteiger partial charge in [0, 0.05) is 22.9 Å². The molecule has 4 rings (SSSR count). The molecular formula is C31H37N3O3. The van der Waals surface area contributed by atoms with E-state index >= 15 is 0 Å². The summed E-state index contributed by atoms with van der Waals surface area (Å²) >= 11 is 0. The quantitative estimate of drug-likeness (QED) is 0.248. The third-order valence-corrected chi connectivity index (χ3v) is 7.25. The Bertz CT molecular complexity index is 1370.